The van der Waals surface area contributed by atoms with Gasteiger partial charge in [0.2, 0.25) is 5.91 Å². The van der Waals surface area contributed by atoms with Crippen LogP contribution in [0.15, 0.2) is 22.7 Å². The monoisotopic (exact) mass is 314 g/mol. The van der Waals surface area contributed by atoms with Crippen LogP contribution in [0.3, 0.4) is 0 Å². The third kappa shape index (κ3) is 2.57. The average Bonchev–Trinajstić information content (AvgIpc) is 2.82. The molecule has 1 aromatic carbocycles. The molecule has 1 aliphatic rings. The van der Waals surface area contributed by atoms with Crippen LogP contribution in [0.2, 0.25) is 0 Å². The van der Waals surface area contributed by atoms with Gasteiger partial charge in [0, 0.05) is 4.47 Å². The van der Waals surface area contributed by atoms with E-state index in [1.165, 1.54) is 6.07 Å². The Morgan fingerprint density at radius 1 is 1.61 bits per heavy atom. The van der Waals surface area contributed by atoms with Crippen LogP contribution < -0.4 is 10.6 Å². The first-order chi connectivity index (χ1) is 8.57. The Balaban J connectivity index is 2.15. The van der Waals surface area contributed by atoms with Crippen LogP contribution in [0.5, 0.6) is 0 Å². The fourth-order valence-electron chi connectivity index (χ4n) is 2.30. The second-order valence-electron chi connectivity index (χ2n) is 4.54. The summed E-state index contributed by atoms with van der Waals surface area (Å²) in [6, 6.07) is 4.62. The van der Waals surface area contributed by atoms with Gasteiger partial charge in [-0.15, -0.1) is 0 Å². The predicted octanol–water partition coefficient (Wildman–Crippen LogP) is 3.06. The number of halogens is 2. The maximum absolute atomic E-state index is 13.7. The van der Waals surface area contributed by atoms with E-state index < -0.39 is 11.4 Å². The summed E-state index contributed by atoms with van der Waals surface area (Å²) in [5, 5.41) is 5.90. The molecule has 18 heavy (non-hydrogen) atoms. The summed E-state index contributed by atoms with van der Waals surface area (Å²) in [6.07, 6.45) is 2.48. The van der Waals surface area contributed by atoms with Gasteiger partial charge in [0.1, 0.15) is 5.82 Å². The van der Waals surface area contributed by atoms with Crippen molar-refractivity contribution in [3.8, 4) is 0 Å². The van der Waals surface area contributed by atoms with Gasteiger partial charge in [0.05, 0.1) is 11.2 Å². The first-order valence-electron chi connectivity index (χ1n) is 6.09. The summed E-state index contributed by atoms with van der Waals surface area (Å²) in [5.41, 5.74) is -0.316. The molecule has 0 radical (unpaired) electrons. The lowest BCUT2D eigenvalue weighted by atomic mass is 9.93. The third-order valence-electron chi connectivity index (χ3n) is 3.46. The van der Waals surface area contributed by atoms with Gasteiger partial charge in [-0.25, -0.2) is 4.39 Å². The van der Waals surface area contributed by atoms with Gasteiger partial charge in [-0.05, 0) is 44.0 Å². The van der Waals surface area contributed by atoms with Crippen molar-refractivity contribution in [2.75, 3.05) is 11.9 Å². The third-order valence-corrected chi connectivity index (χ3v) is 3.95. The van der Waals surface area contributed by atoms with Gasteiger partial charge in [-0.3, -0.25) is 4.79 Å². The van der Waals surface area contributed by atoms with E-state index in [0.717, 1.165) is 19.4 Å². The highest BCUT2D eigenvalue weighted by Gasteiger charge is 2.39. The largest absolute Gasteiger partial charge is 0.322 e. The topological polar surface area (TPSA) is 41.1 Å². The van der Waals surface area contributed by atoms with Crippen LogP contribution in [-0.4, -0.2) is 18.0 Å². The summed E-state index contributed by atoms with van der Waals surface area (Å²) in [7, 11) is 0. The number of carbonyl (C=O) groups excluding carboxylic acids is 1. The molecule has 1 heterocycles. The van der Waals surface area contributed by atoms with E-state index in [4.69, 9.17) is 0 Å². The van der Waals surface area contributed by atoms with E-state index in [1.807, 2.05) is 6.92 Å². The molecule has 0 spiro atoms. The minimum absolute atomic E-state index is 0.149. The van der Waals surface area contributed by atoms with E-state index in [-0.39, 0.29) is 11.6 Å². The maximum Gasteiger partial charge on any atom is 0.244 e. The molecule has 5 heteroatoms. The average molecular weight is 315 g/mol. The highest BCUT2D eigenvalue weighted by molar-refractivity contribution is 9.10. The standard InChI is InChI=1S/C13H16BrFN2O/c1-2-13(6-3-7-16-13)12(18)17-11-5-4-9(14)8-10(11)15/h4-5,8,16H,2-3,6-7H2,1H3,(H,17,18). The molecule has 2 rings (SSSR count). The molecule has 98 valence electrons. The minimum Gasteiger partial charge on any atom is -0.322 e. The Morgan fingerprint density at radius 3 is 2.94 bits per heavy atom. The van der Waals surface area contributed by atoms with E-state index in [9.17, 15) is 9.18 Å². The Hall–Kier alpha value is -0.940. The minimum atomic E-state index is -0.542. The summed E-state index contributed by atoms with van der Waals surface area (Å²) >= 11 is 3.19. The van der Waals surface area contributed by atoms with Gasteiger partial charge in [-0.1, -0.05) is 22.9 Å². The molecule has 2 N–H and O–H groups in total. The predicted molar refractivity (Wildman–Crippen MR) is 73.0 cm³/mol. The van der Waals surface area contributed by atoms with Gasteiger partial charge < -0.3 is 10.6 Å². The van der Waals surface area contributed by atoms with E-state index in [1.54, 1.807) is 12.1 Å². The van der Waals surface area contributed by atoms with Gasteiger partial charge in [0.25, 0.3) is 0 Å². The molecule has 0 bridgehead atoms. The van der Waals surface area contributed by atoms with Crippen LogP contribution >= 0.6 is 15.9 Å². The van der Waals surface area contributed by atoms with E-state index in [2.05, 4.69) is 26.6 Å². The Labute approximate surface area is 114 Å². The summed E-state index contributed by atoms with van der Waals surface area (Å²) in [6.45, 7) is 2.81. The zero-order valence-corrected chi connectivity index (χ0v) is 11.8. The number of carbonyl (C=O) groups is 1. The van der Waals surface area contributed by atoms with E-state index in [0.29, 0.717) is 10.9 Å². The SMILES string of the molecule is CCC1(C(=O)Nc2ccc(Br)cc2F)CCCN1. The first kappa shape index (κ1) is 13.5. The summed E-state index contributed by atoms with van der Waals surface area (Å²) in [4.78, 5) is 12.3. The molecule has 1 aromatic rings. The molecule has 0 saturated carbocycles. The zero-order chi connectivity index (χ0) is 13.2. The van der Waals surface area contributed by atoms with Crippen molar-refractivity contribution in [3.05, 3.63) is 28.5 Å². The number of anilines is 1. The quantitative estimate of drug-likeness (QED) is 0.900. The van der Waals surface area contributed by atoms with Crippen molar-refractivity contribution < 1.29 is 9.18 Å². The molecule has 3 nitrogen and oxygen atoms in total. The number of rotatable bonds is 3. The van der Waals surface area contributed by atoms with Crippen molar-refractivity contribution in [2.24, 2.45) is 0 Å². The van der Waals surface area contributed by atoms with Gasteiger partial charge in [-0.2, -0.15) is 0 Å². The maximum atomic E-state index is 13.7. The van der Waals surface area contributed by atoms with Crippen LogP contribution in [0, 0.1) is 5.82 Å². The summed E-state index contributed by atoms with van der Waals surface area (Å²) in [5.74, 6) is -0.578. The normalized spacial score (nSPS) is 23.1. The fourth-order valence-corrected chi connectivity index (χ4v) is 2.63. The number of benzene rings is 1. The lowest BCUT2D eigenvalue weighted by molar-refractivity contribution is -0.122. The van der Waals surface area contributed by atoms with Crippen molar-refractivity contribution in [2.45, 2.75) is 31.7 Å². The molecular weight excluding hydrogens is 299 g/mol. The Morgan fingerprint density at radius 2 is 2.39 bits per heavy atom. The van der Waals surface area contributed by atoms with E-state index >= 15 is 0 Å². The molecule has 1 unspecified atom stereocenters. The smallest absolute Gasteiger partial charge is 0.244 e. The molecular formula is C13H16BrFN2O. The van der Waals surface area contributed by atoms with Crippen molar-refractivity contribution in [1.29, 1.82) is 0 Å². The molecule has 1 saturated heterocycles. The Kier molecular flexibility index (Phi) is 4.02. The number of hydrogen-bond acceptors (Lipinski definition) is 2. The first-order valence-corrected chi connectivity index (χ1v) is 6.88. The number of amides is 1. The highest BCUT2D eigenvalue weighted by Crippen LogP contribution is 2.26. The second-order valence-corrected chi connectivity index (χ2v) is 5.46. The van der Waals surface area contributed by atoms with Crippen molar-refractivity contribution in [3.63, 3.8) is 0 Å². The fraction of sp³-hybridized carbons (Fsp3) is 0.462. The van der Waals surface area contributed by atoms with Gasteiger partial charge in [0.15, 0.2) is 0 Å². The molecule has 1 aliphatic heterocycles. The van der Waals surface area contributed by atoms with Crippen molar-refractivity contribution >= 4 is 27.5 Å². The molecule has 1 fully saturated rings. The van der Waals surface area contributed by atoms with Crippen molar-refractivity contribution in [1.82, 2.24) is 5.32 Å². The lowest BCUT2D eigenvalue weighted by Gasteiger charge is -2.26. The zero-order valence-electron chi connectivity index (χ0n) is 10.2. The number of nitrogens with one attached hydrogen (secondary N) is 2. The summed E-state index contributed by atoms with van der Waals surface area (Å²) < 4.78 is 14.3. The number of hydrogen-bond donors (Lipinski definition) is 2. The molecule has 0 aromatic heterocycles. The van der Waals surface area contributed by atoms with Crippen LogP contribution in [-0.2, 0) is 4.79 Å². The molecule has 1 atom stereocenters. The second kappa shape index (κ2) is 5.36. The molecule has 1 amide bonds. The molecule has 0 aliphatic carbocycles. The van der Waals surface area contributed by atoms with Crippen LogP contribution in [0.4, 0.5) is 10.1 Å². The van der Waals surface area contributed by atoms with Crippen LogP contribution in [0.25, 0.3) is 0 Å². The lowest BCUT2D eigenvalue weighted by Crippen LogP contribution is -2.50. The Bertz CT molecular complexity index is 458. The van der Waals surface area contributed by atoms with Crippen LogP contribution in [0.1, 0.15) is 26.2 Å². The van der Waals surface area contributed by atoms with Gasteiger partial charge >= 0.3 is 0 Å². The highest BCUT2D eigenvalue weighted by atomic mass is 79.9.